The van der Waals surface area contributed by atoms with E-state index in [-0.39, 0.29) is 11.6 Å². The summed E-state index contributed by atoms with van der Waals surface area (Å²) < 4.78 is 39.3. The second-order valence-electron chi connectivity index (χ2n) is 4.00. The first-order valence-corrected chi connectivity index (χ1v) is 7.37. The quantitative estimate of drug-likeness (QED) is 0.815. The first-order chi connectivity index (χ1) is 9.21. The number of nitrogens with one attached hydrogen (secondary N) is 1. The van der Waals surface area contributed by atoms with Crippen molar-refractivity contribution in [2.24, 2.45) is 0 Å². The van der Waals surface area contributed by atoms with Crippen LogP contribution >= 0.6 is 11.6 Å². The molecule has 20 heavy (non-hydrogen) atoms. The molecule has 6 nitrogen and oxygen atoms in total. The molecule has 0 unspecified atom stereocenters. The third-order valence-electron chi connectivity index (χ3n) is 2.60. The molecule has 1 aromatic carbocycles. The lowest BCUT2D eigenvalue weighted by Crippen LogP contribution is -2.33. The molecular weight excluding hydrogens is 311 g/mol. The number of hydrogen-bond donors (Lipinski definition) is 2. The fourth-order valence-corrected chi connectivity index (χ4v) is 3.03. The van der Waals surface area contributed by atoms with Crippen molar-refractivity contribution in [2.45, 2.75) is 4.90 Å². The van der Waals surface area contributed by atoms with Crippen LogP contribution in [0.2, 0.25) is 5.02 Å². The lowest BCUT2D eigenvalue weighted by atomic mass is 10.2. The topological polar surface area (TPSA) is 86.7 Å². The molecule has 0 aliphatic rings. The highest BCUT2D eigenvalue weighted by molar-refractivity contribution is 7.89. The standard InChI is InChI=1S/C11H14ClFN2O4S/c1-14-3-4-15(2)20(18,19)9-6-7(12)5-8(10(9)13)11(16)17/h5-6,14H,3-4H2,1-2H3,(H,16,17). The lowest BCUT2D eigenvalue weighted by molar-refractivity contribution is 0.0691. The van der Waals surface area contributed by atoms with Crippen molar-refractivity contribution in [3.63, 3.8) is 0 Å². The number of carbonyl (C=O) groups is 1. The van der Waals surface area contributed by atoms with Gasteiger partial charge in [0.1, 0.15) is 4.90 Å². The zero-order valence-corrected chi connectivity index (χ0v) is 12.4. The Morgan fingerprint density at radius 2 is 2.10 bits per heavy atom. The van der Waals surface area contributed by atoms with Gasteiger partial charge in [0, 0.05) is 25.2 Å². The van der Waals surface area contributed by atoms with Gasteiger partial charge in [0.05, 0.1) is 5.56 Å². The largest absolute Gasteiger partial charge is 0.478 e. The maximum atomic E-state index is 14.0. The van der Waals surface area contributed by atoms with E-state index in [1.54, 1.807) is 7.05 Å². The minimum absolute atomic E-state index is 0.104. The molecule has 0 atom stereocenters. The molecule has 0 radical (unpaired) electrons. The average molecular weight is 325 g/mol. The summed E-state index contributed by atoms with van der Waals surface area (Å²) in [4.78, 5) is 10.1. The van der Waals surface area contributed by atoms with Gasteiger partial charge in [0.2, 0.25) is 10.0 Å². The van der Waals surface area contributed by atoms with E-state index in [9.17, 15) is 17.6 Å². The summed E-state index contributed by atoms with van der Waals surface area (Å²) in [6.45, 7) is 0.469. The minimum Gasteiger partial charge on any atom is -0.478 e. The van der Waals surface area contributed by atoms with E-state index in [1.165, 1.54) is 7.05 Å². The first kappa shape index (κ1) is 16.8. The van der Waals surface area contributed by atoms with Crippen molar-refractivity contribution < 1.29 is 22.7 Å². The van der Waals surface area contributed by atoms with E-state index in [4.69, 9.17) is 16.7 Å². The smallest absolute Gasteiger partial charge is 0.338 e. The van der Waals surface area contributed by atoms with Crippen LogP contribution in [0.25, 0.3) is 0 Å². The molecule has 2 N–H and O–H groups in total. The molecule has 0 aromatic heterocycles. The van der Waals surface area contributed by atoms with Crippen LogP contribution in [-0.4, -0.2) is 51.0 Å². The van der Waals surface area contributed by atoms with Crippen molar-refractivity contribution in [1.29, 1.82) is 0 Å². The SMILES string of the molecule is CNCCN(C)S(=O)(=O)c1cc(Cl)cc(C(=O)O)c1F. The molecule has 112 valence electrons. The molecule has 9 heteroatoms. The number of carboxylic acid groups (broad SMARTS) is 1. The van der Waals surface area contributed by atoms with E-state index in [1.807, 2.05) is 0 Å². The number of nitrogens with zero attached hydrogens (tertiary/aromatic N) is 1. The summed E-state index contributed by atoms with van der Waals surface area (Å²) >= 11 is 5.66. The molecule has 1 aromatic rings. The highest BCUT2D eigenvalue weighted by atomic mass is 35.5. The number of aromatic carboxylic acids is 1. The molecule has 0 heterocycles. The Bertz CT molecular complexity index is 621. The molecule has 0 aliphatic carbocycles. The van der Waals surface area contributed by atoms with E-state index in [0.29, 0.717) is 6.54 Å². The van der Waals surface area contributed by atoms with E-state index < -0.39 is 32.3 Å². The molecule has 0 bridgehead atoms. The van der Waals surface area contributed by atoms with Crippen LogP contribution in [0.5, 0.6) is 0 Å². The van der Waals surface area contributed by atoms with Gasteiger partial charge in [0.15, 0.2) is 5.82 Å². The monoisotopic (exact) mass is 324 g/mol. The Hall–Kier alpha value is -1.22. The van der Waals surface area contributed by atoms with Gasteiger partial charge in [-0.2, -0.15) is 4.31 Å². The molecule has 0 saturated carbocycles. The van der Waals surface area contributed by atoms with Gasteiger partial charge in [-0.25, -0.2) is 17.6 Å². The Balaban J connectivity index is 3.35. The van der Waals surface area contributed by atoms with E-state index in [2.05, 4.69) is 5.32 Å². The van der Waals surface area contributed by atoms with Crippen LogP contribution in [0, 0.1) is 5.82 Å². The van der Waals surface area contributed by atoms with Gasteiger partial charge in [-0.3, -0.25) is 0 Å². The Labute approximate surface area is 121 Å². The maximum absolute atomic E-state index is 14.0. The summed E-state index contributed by atoms with van der Waals surface area (Å²) in [6.07, 6.45) is 0. The summed E-state index contributed by atoms with van der Waals surface area (Å²) in [5, 5.41) is 11.4. The third-order valence-corrected chi connectivity index (χ3v) is 4.67. The maximum Gasteiger partial charge on any atom is 0.338 e. The van der Waals surface area contributed by atoms with Gasteiger partial charge in [-0.05, 0) is 19.2 Å². The van der Waals surface area contributed by atoms with Gasteiger partial charge in [-0.15, -0.1) is 0 Å². The lowest BCUT2D eigenvalue weighted by Gasteiger charge is -2.18. The normalized spacial score (nSPS) is 11.8. The van der Waals surface area contributed by atoms with Crippen molar-refractivity contribution in [1.82, 2.24) is 9.62 Å². The molecule has 0 aliphatic heterocycles. The predicted octanol–water partition coefficient (Wildman–Crippen LogP) is 1.02. The van der Waals surface area contributed by atoms with Crippen molar-refractivity contribution in [3.8, 4) is 0 Å². The molecule has 0 saturated heterocycles. The molecule has 0 spiro atoms. The van der Waals surface area contributed by atoms with Gasteiger partial charge >= 0.3 is 5.97 Å². The molecule has 0 fully saturated rings. The second kappa shape index (κ2) is 6.49. The Morgan fingerprint density at radius 3 is 2.60 bits per heavy atom. The molecule has 0 amide bonds. The summed E-state index contributed by atoms with van der Waals surface area (Å²) in [6, 6.07) is 1.76. The van der Waals surface area contributed by atoms with Crippen LogP contribution in [-0.2, 0) is 10.0 Å². The highest BCUT2D eigenvalue weighted by Crippen LogP contribution is 2.25. The van der Waals surface area contributed by atoms with Crippen molar-refractivity contribution >= 4 is 27.6 Å². The average Bonchev–Trinajstić information content (AvgIpc) is 2.37. The molecular formula is C11H14ClFN2O4S. The Kier molecular flexibility index (Phi) is 5.46. The fourth-order valence-electron chi connectivity index (χ4n) is 1.46. The van der Waals surface area contributed by atoms with Crippen LogP contribution in [0.15, 0.2) is 17.0 Å². The van der Waals surface area contributed by atoms with Gasteiger partial charge in [-0.1, -0.05) is 11.6 Å². The minimum atomic E-state index is -4.15. The third kappa shape index (κ3) is 3.45. The zero-order chi connectivity index (χ0) is 15.5. The van der Waals surface area contributed by atoms with Crippen molar-refractivity contribution in [3.05, 3.63) is 28.5 Å². The highest BCUT2D eigenvalue weighted by Gasteiger charge is 2.28. The summed E-state index contributed by atoms with van der Waals surface area (Å²) in [5.41, 5.74) is -0.780. The zero-order valence-electron chi connectivity index (χ0n) is 10.9. The molecule has 1 rings (SSSR count). The summed E-state index contributed by atoms with van der Waals surface area (Å²) in [5.74, 6) is -2.91. The number of carboxylic acids is 1. The van der Waals surface area contributed by atoms with Crippen molar-refractivity contribution in [2.75, 3.05) is 27.2 Å². The number of rotatable bonds is 6. The van der Waals surface area contributed by atoms with Crippen LogP contribution in [0.1, 0.15) is 10.4 Å². The number of halogens is 2. The van der Waals surface area contributed by atoms with Crippen LogP contribution < -0.4 is 5.32 Å². The van der Waals surface area contributed by atoms with E-state index >= 15 is 0 Å². The number of hydrogen-bond acceptors (Lipinski definition) is 4. The van der Waals surface area contributed by atoms with Crippen LogP contribution in [0.4, 0.5) is 4.39 Å². The summed E-state index contributed by atoms with van der Waals surface area (Å²) in [7, 11) is -1.24. The number of benzene rings is 1. The predicted molar refractivity (Wildman–Crippen MR) is 72.1 cm³/mol. The van der Waals surface area contributed by atoms with Gasteiger partial charge < -0.3 is 10.4 Å². The fraction of sp³-hybridized carbons (Fsp3) is 0.364. The second-order valence-corrected chi connectivity index (χ2v) is 6.45. The van der Waals surface area contributed by atoms with Gasteiger partial charge in [0.25, 0.3) is 0 Å². The Morgan fingerprint density at radius 1 is 1.50 bits per heavy atom. The first-order valence-electron chi connectivity index (χ1n) is 5.55. The number of likely N-dealkylation sites (N-methyl/N-ethyl adjacent to an activating group) is 2. The van der Waals surface area contributed by atoms with E-state index in [0.717, 1.165) is 16.4 Å². The van der Waals surface area contributed by atoms with Crippen LogP contribution in [0.3, 0.4) is 0 Å². The number of sulfonamides is 1.